The second kappa shape index (κ2) is 8.56. The summed E-state index contributed by atoms with van der Waals surface area (Å²) in [5.74, 6) is 0.418. The first kappa shape index (κ1) is 18.7. The smallest absolute Gasteiger partial charge is 0.305 e. The molecule has 0 radical (unpaired) electrons. The van der Waals surface area contributed by atoms with Gasteiger partial charge in [0.25, 0.3) is 0 Å². The van der Waals surface area contributed by atoms with Gasteiger partial charge in [-0.25, -0.2) is 0 Å². The molecule has 2 aliphatic heterocycles. The van der Waals surface area contributed by atoms with Gasteiger partial charge in [-0.15, -0.1) is 0 Å². The molecular weight excluding hydrogens is 328 g/mol. The van der Waals surface area contributed by atoms with Crippen molar-refractivity contribution in [2.45, 2.75) is 57.8 Å². The molecule has 1 fully saturated rings. The van der Waals surface area contributed by atoms with E-state index in [1.165, 1.54) is 31.2 Å². The van der Waals surface area contributed by atoms with E-state index in [0.29, 0.717) is 18.8 Å². The van der Waals surface area contributed by atoms with E-state index >= 15 is 0 Å². The number of fused-ring (bicyclic) bond motifs is 1. The number of carbonyl (C=O) groups excluding carboxylic acids is 2. The van der Waals surface area contributed by atoms with Crippen molar-refractivity contribution in [2.24, 2.45) is 0 Å². The number of unbranched alkanes of at least 4 members (excludes halogenated alkanes) is 2. The van der Waals surface area contributed by atoms with Crippen LogP contribution in [0.4, 0.5) is 11.4 Å². The van der Waals surface area contributed by atoms with Gasteiger partial charge >= 0.3 is 5.97 Å². The van der Waals surface area contributed by atoms with Crippen LogP contribution in [0.15, 0.2) is 18.2 Å². The van der Waals surface area contributed by atoms with Crippen LogP contribution in [0, 0.1) is 0 Å². The lowest BCUT2D eigenvalue weighted by Gasteiger charge is -2.22. The maximum atomic E-state index is 12.8. The fourth-order valence-electron chi connectivity index (χ4n) is 4.02. The van der Waals surface area contributed by atoms with Crippen molar-refractivity contribution < 1.29 is 14.3 Å². The van der Waals surface area contributed by atoms with Crippen molar-refractivity contribution in [1.29, 1.82) is 0 Å². The fourth-order valence-corrected chi connectivity index (χ4v) is 4.02. The molecule has 1 saturated heterocycles. The van der Waals surface area contributed by atoms with Crippen LogP contribution in [0.5, 0.6) is 0 Å². The highest BCUT2D eigenvalue weighted by molar-refractivity contribution is 5.96. The molecule has 1 aromatic rings. The molecule has 2 aliphatic rings. The highest BCUT2D eigenvalue weighted by atomic mass is 16.5. The lowest BCUT2D eigenvalue weighted by molar-refractivity contribution is -0.140. The lowest BCUT2D eigenvalue weighted by Crippen LogP contribution is -2.29. The summed E-state index contributed by atoms with van der Waals surface area (Å²) >= 11 is 0. The third kappa shape index (κ3) is 4.19. The number of esters is 1. The molecule has 2 heterocycles. The third-order valence-electron chi connectivity index (χ3n) is 5.56. The second-order valence-electron chi connectivity index (χ2n) is 7.48. The maximum Gasteiger partial charge on any atom is 0.305 e. The molecule has 0 bridgehead atoms. The molecule has 26 heavy (non-hydrogen) atoms. The van der Waals surface area contributed by atoms with Crippen molar-refractivity contribution in [3.63, 3.8) is 0 Å². The molecule has 1 aromatic carbocycles. The molecule has 1 amide bonds. The zero-order valence-corrected chi connectivity index (χ0v) is 16.0. The molecule has 142 valence electrons. The average molecular weight is 358 g/mol. The number of amides is 1. The standard InChI is InChI=1S/C21H30N2O3/c1-16-15-23(20(24)8-4-3-5-9-21(25)26-2)19-14-17(10-11-18(16)19)22-12-6-7-13-22/h10-11,14,16H,3-9,12-13,15H2,1-2H3. The first-order chi connectivity index (χ1) is 12.6. The topological polar surface area (TPSA) is 49.9 Å². The van der Waals surface area contributed by atoms with E-state index in [9.17, 15) is 9.59 Å². The third-order valence-corrected chi connectivity index (χ3v) is 5.56. The van der Waals surface area contributed by atoms with Gasteiger partial charge in [0.1, 0.15) is 0 Å². The van der Waals surface area contributed by atoms with Gasteiger partial charge in [-0.2, -0.15) is 0 Å². The number of benzene rings is 1. The fraction of sp³-hybridized carbons (Fsp3) is 0.619. The van der Waals surface area contributed by atoms with Gasteiger partial charge in [-0.05, 0) is 43.4 Å². The summed E-state index contributed by atoms with van der Waals surface area (Å²) in [6.45, 7) is 5.20. The molecule has 5 heteroatoms. The lowest BCUT2D eigenvalue weighted by atomic mass is 10.0. The van der Waals surface area contributed by atoms with Crippen LogP contribution in [0.1, 0.15) is 63.4 Å². The number of ether oxygens (including phenoxy) is 1. The Bertz CT molecular complexity index is 653. The summed E-state index contributed by atoms with van der Waals surface area (Å²) in [5, 5.41) is 0. The summed E-state index contributed by atoms with van der Waals surface area (Å²) in [6.07, 6.45) is 5.97. The van der Waals surface area contributed by atoms with Crippen molar-refractivity contribution in [2.75, 3.05) is 36.5 Å². The number of hydrogen-bond donors (Lipinski definition) is 0. The quantitative estimate of drug-likeness (QED) is 0.548. The van der Waals surface area contributed by atoms with Crippen molar-refractivity contribution >= 4 is 23.3 Å². The SMILES string of the molecule is COC(=O)CCCCCC(=O)N1CC(C)c2ccc(N3CCCC3)cc21. The molecule has 0 aliphatic carbocycles. The van der Waals surface area contributed by atoms with Gasteiger partial charge in [0.2, 0.25) is 5.91 Å². The Hall–Kier alpha value is -2.04. The molecule has 0 N–H and O–H groups in total. The largest absolute Gasteiger partial charge is 0.469 e. The molecule has 1 unspecified atom stereocenters. The normalized spacial score (nSPS) is 18.9. The Kier molecular flexibility index (Phi) is 6.17. The van der Waals surface area contributed by atoms with E-state index in [1.54, 1.807) is 0 Å². The average Bonchev–Trinajstić information content (AvgIpc) is 3.29. The van der Waals surface area contributed by atoms with Crippen LogP contribution in [-0.2, 0) is 14.3 Å². The van der Waals surface area contributed by atoms with E-state index in [2.05, 4.69) is 34.8 Å². The maximum absolute atomic E-state index is 12.8. The second-order valence-corrected chi connectivity index (χ2v) is 7.48. The van der Waals surface area contributed by atoms with E-state index in [4.69, 9.17) is 0 Å². The van der Waals surface area contributed by atoms with Crippen LogP contribution in [-0.4, -0.2) is 38.6 Å². The van der Waals surface area contributed by atoms with Crippen LogP contribution in [0.3, 0.4) is 0 Å². The molecule has 3 rings (SSSR count). The monoisotopic (exact) mass is 358 g/mol. The highest BCUT2D eigenvalue weighted by Gasteiger charge is 2.30. The predicted octanol–water partition coefficient (Wildman–Crippen LogP) is 3.86. The Balaban J connectivity index is 1.58. The van der Waals surface area contributed by atoms with Crippen LogP contribution in [0.25, 0.3) is 0 Å². The molecular formula is C21H30N2O3. The van der Waals surface area contributed by atoms with Gasteiger partial charge in [0, 0.05) is 49.8 Å². The minimum absolute atomic E-state index is 0.173. The van der Waals surface area contributed by atoms with E-state index < -0.39 is 0 Å². The number of carbonyl (C=O) groups is 2. The zero-order chi connectivity index (χ0) is 18.5. The van der Waals surface area contributed by atoms with Crippen molar-refractivity contribution in [3.05, 3.63) is 23.8 Å². The van der Waals surface area contributed by atoms with Crippen LogP contribution in [0.2, 0.25) is 0 Å². The number of methoxy groups -OCH3 is 1. The zero-order valence-electron chi connectivity index (χ0n) is 16.0. The van der Waals surface area contributed by atoms with Crippen molar-refractivity contribution in [3.8, 4) is 0 Å². The number of hydrogen-bond acceptors (Lipinski definition) is 4. The van der Waals surface area contributed by atoms with E-state index in [0.717, 1.165) is 44.6 Å². The first-order valence-electron chi connectivity index (χ1n) is 9.86. The predicted molar refractivity (Wildman–Crippen MR) is 104 cm³/mol. The van der Waals surface area contributed by atoms with Crippen LogP contribution >= 0.6 is 0 Å². The summed E-state index contributed by atoms with van der Waals surface area (Å²) < 4.78 is 4.65. The Morgan fingerprint density at radius 3 is 2.58 bits per heavy atom. The Morgan fingerprint density at radius 1 is 1.12 bits per heavy atom. The van der Waals surface area contributed by atoms with Crippen LogP contribution < -0.4 is 9.80 Å². The molecule has 1 atom stereocenters. The summed E-state index contributed by atoms with van der Waals surface area (Å²) in [7, 11) is 1.41. The van der Waals surface area contributed by atoms with Gasteiger partial charge in [0.15, 0.2) is 0 Å². The Morgan fingerprint density at radius 2 is 1.85 bits per heavy atom. The highest BCUT2D eigenvalue weighted by Crippen LogP contribution is 2.39. The molecule has 0 spiro atoms. The van der Waals surface area contributed by atoms with E-state index in [-0.39, 0.29) is 11.9 Å². The minimum atomic E-state index is -0.173. The van der Waals surface area contributed by atoms with Crippen molar-refractivity contribution in [1.82, 2.24) is 0 Å². The number of rotatable bonds is 7. The van der Waals surface area contributed by atoms with Gasteiger partial charge < -0.3 is 14.5 Å². The Labute approximate surface area is 156 Å². The molecule has 0 aromatic heterocycles. The summed E-state index contributed by atoms with van der Waals surface area (Å²) in [5.41, 5.74) is 3.62. The molecule has 0 saturated carbocycles. The summed E-state index contributed by atoms with van der Waals surface area (Å²) in [6, 6.07) is 6.62. The number of nitrogens with zero attached hydrogens (tertiary/aromatic N) is 2. The van der Waals surface area contributed by atoms with Gasteiger partial charge in [0.05, 0.1) is 7.11 Å². The van der Waals surface area contributed by atoms with Gasteiger partial charge in [-0.3, -0.25) is 9.59 Å². The van der Waals surface area contributed by atoms with Gasteiger partial charge in [-0.1, -0.05) is 19.4 Å². The number of anilines is 2. The summed E-state index contributed by atoms with van der Waals surface area (Å²) in [4.78, 5) is 28.3. The molecule has 5 nitrogen and oxygen atoms in total. The van der Waals surface area contributed by atoms with E-state index in [1.807, 2.05) is 4.90 Å². The minimum Gasteiger partial charge on any atom is -0.469 e. The first-order valence-corrected chi connectivity index (χ1v) is 9.86.